The van der Waals surface area contributed by atoms with Crippen LogP contribution >= 0.6 is 0 Å². The molecule has 5 nitrogen and oxygen atoms in total. The summed E-state index contributed by atoms with van der Waals surface area (Å²) in [6.45, 7) is 2.72. The van der Waals surface area contributed by atoms with Crippen molar-refractivity contribution in [2.45, 2.75) is 12.7 Å². The van der Waals surface area contributed by atoms with E-state index in [1.165, 1.54) is 18.2 Å². The van der Waals surface area contributed by atoms with E-state index in [1.54, 1.807) is 27.9 Å². The molecule has 0 spiro atoms. The van der Waals surface area contributed by atoms with Crippen LogP contribution in [0.25, 0.3) is 11.8 Å². The van der Waals surface area contributed by atoms with Crippen molar-refractivity contribution in [3.8, 4) is 5.69 Å². The number of halogens is 3. The molecule has 0 bridgehead atoms. The van der Waals surface area contributed by atoms with Crippen molar-refractivity contribution in [1.29, 1.82) is 0 Å². The Hall–Kier alpha value is -3.39. The quantitative estimate of drug-likeness (QED) is 0.557. The molecule has 1 aliphatic rings. The molecule has 1 saturated heterocycles. The maximum atomic E-state index is 12.9. The Morgan fingerprint density at radius 3 is 2.47 bits per heavy atom. The molecule has 8 heteroatoms. The van der Waals surface area contributed by atoms with Crippen LogP contribution < -0.4 is 0 Å². The number of nitrogens with zero attached hydrogens (tertiary/aromatic N) is 4. The summed E-state index contributed by atoms with van der Waals surface area (Å²) in [6.07, 6.45) is 2.49. The summed E-state index contributed by atoms with van der Waals surface area (Å²) in [6, 6.07) is 15.1. The van der Waals surface area contributed by atoms with Crippen LogP contribution in [0, 0.1) is 0 Å². The van der Waals surface area contributed by atoms with Gasteiger partial charge in [-0.05, 0) is 29.8 Å². The van der Waals surface area contributed by atoms with Crippen molar-refractivity contribution in [3.05, 3.63) is 89.8 Å². The molecule has 32 heavy (non-hydrogen) atoms. The van der Waals surface area contributed by atoms with Crippen LogP contribution in [0.1, 0.15) is 16.7 Å². The van der Waals surface area contributed by atoms with Crippen LogP contribution in [0.15, 0.2) is 73.1 Å². The minimum Gasteiger partial charge on any atom is -0.337 e. The number of carbonyl (C=O) groups excluding carboxylic acids is 1. The third kappa shape index (κ3) is 5.45. The van der Waals surface area contributed by atoms with Gasteiger partial charge in [-0.3, -0.25) is 9.69 Å². The molecule has 166 valence electrons. The van der Waals surface area contributed by atoms with Gasteiger partial charge in [-0.15, -0.1) is 0 Å². The van der Waals surface area contributed by atoms with Gasteiger partial charge in [0.25, 0.3) is 0 Å². The summed E-state index contributed by atoms with van der Waals surface area (Å²) >= 11 is 0. The van der Waals surface area contributed by atoms with Gasteiger partial charge in [-0.1, -0.05) is 36.4 Å². The number of hydrogen-bond acceptors (Lipinski definition) is 3. The van der Waals surface area contributed by atoms with Crippen LogP contribution in [0.3, 0.4) is 0 Å². The second-order valence-corrected chi connectivity index (χ2v) is 7.69. The minimum atomic E-state index is -4.34. The summed E-state index contributed by atoms with van der Waals surface area (Å²) in [5.41, 5.74) is 1.75. The Labute approximate surface area is 184 Å². The number of hydrogen-bond donors (Lipinski definition) is 0. The molecule has 1 amide bonds. The number of aromatic nitrogens is 2. The van der Waals surface area contributed by atoms with E-state index in [2.05, 4.69) is 10.00 Å². The van der Waals surface area contributed by atoms with Gasteiger partial charge in [0, 0.05) is 50.6 Å². The molecular formula is C24H23F3N4O. The molecule has 1 aromatic heterocycles. The van der Waals surface area contributed by atoms with Gasteiger partial charge in [0.2, 0.25) is 5.91 Å². The third-order valence-electron chi connectivity index (χ3n) is 5.39. The second-order valence-electron chi connectivity index (χ2n) is 7.69. The molecule has 3 aromatic rings. The Kier molecular flexibility index (Phi) is 6.41. The standard InChI is InChI=1S/C24H23F3N4O/c25-24(26,27)21-6-4-5-19(15-21)17-29-11-13-30(14-12-29)23(32)10-9-20-16-28-31(18-20)22-7-2-1-3-8-22/h1-10,15-16,18H,11-14,17H2/b10-9+. The minimum absolute atomic E-state index is 0.0869. The third-order valence-corrected chi connectivity index (χ3v) is 5.39. The SMILES string of the molecule is O=C(/C=C/c1cnn(-c2ccccc2)c1)N1CCN(Cc2cccc(C(F)(F)F)c2)CC1. The second kappa shape index (κ2) is 9.40. The predicted molar refractivity (Wildman–Crippen MR) is 116 cm³/mol. The Morgan fingerprint density at radius 1 is 1.00 bits per heavy atom. The molecule has 4 rings (SSSR count). The highest BCUT2D eigenvalue weighted by atomic mass is 19.4. The highest BCUT2D eigenvalue weighted by Gasteiger charge is 2.30. The van der Waals surface area contributed by atoms with Gasteiger partial charge in [0.05, 0.1) is 17.4 Å². The summed E-state index contributed by atoms with van der Waals surface area (Å²) in [5, 5.41) is 4.31. The van der Waals surface area contributed by atoms with E-state index in [-0.39, 0.29) is 5.91 Å². The first-order valence-electron chi connectivity index (χ1n) is 10.3. The van der Waals surface area contributed by atoms with Gasteiger partial charge >= 0.3 is 6.18 Å². The van der Waals surface area contributed by atoms with Gasteiger partial charge in [0.15, 0.2) is 0 Å². The van der Waals surface area contributed by atoms with E-state index in [1.807, 2.05) is 36.5 Å². The van der Waals surface area contributed by atoms with Crippen LogP contribution in [0.4, 0.5) is 13.2 Å². The largest absolute Gasteiger partial charge is 0.416 e. The number of amides is 1. The highest BCUT2D eigenvalue weighted by Crippen LogP contribution is 2.29. The normalized spacial score (nSPS) is 15.4. The lowest BCUT2D eigenvalue weighted by atomic mass is 10.1. The average Bonchev–Trinajstić information content (AvgIpc) is 3.27. The maximum Gasteiger partial charge on any atom is 0.416 e. The van der Waals surface area contributed by atoms with Crippen LogP contribution in [-0.4, -0.2) is 51.7 Å². The van der Waals surface area contributed by atoms with Gasteiger partial charge < -0.3 is 4.90 Å². The van der Waals surface area contributed by atoms with E-state index < -0.39 is 11.7 Å². The summed E-state index contributed by atoms with van der Waals surface area (Å²) in [5.74, 6) is -0.0869. The Morgan fingerprint density at radius 2 is 1.75 bits per heavy atom. The average molecular weight is 440 g/mol. The fraction of sp³-hybridized carbons (Fsp3) is 0.250. The molecule has 0 unspecified atom stereocenters. The molecule has 0 N–H and O–H groups in total. The highest BCUT2D eigenvalue weighted by molar-refractivity contribution is 5.91. The zero-order valence-electron chi connectivity index (χ0n) is 17.4. The van der Waals surface area contributed by atoms with E-state index >= 15 is 0 Å². The van der Waals surface area contributed by atoms with Gasteiger partial charge in [0.1, 0.15) is 0 Å². The molecule has 0 radical (unpaired) electrons. The van der Waals surface area contributed by atoms with Crippen molar-refractivity contribution < 1.29 is 18.0 Å². The molecule has 0 atom stereocenters. The van der Waals surface area contributed by atoms with Crippen LogP contribution in [0.2, 0.25) is 0 Å². The smallest absolute Gasteiger partial charge is 0.337 e. The first-order chi connectivity index (χ1) is 15.4. The van der Waals surface area contributed by atoms with Crippen molar-refractivity contribution in [3.63, 3.8) is 0 Å². The number of rotatable bonds is 5. The Bertz CT molecular complexity index is 1080. The first kappa shape index (κ1) is 21.8. The lowest BCUT2D eigenvalue weighted by Crippen LogP contribution is -2.47. The molecule has 1 fully saturated rings. The number of carbonyl (C=O) groups is 1. The summed E-state index contributed by atoms with van der Waals surface area (Å²) in [4.78, 5) is 16.3. The topological polar surface area (TPSA) is 41.4 Å². The van der Waals surface area contributed by atoms with Crippen molar-refractivity contribution in [2.75, 3.05) is 26.2 Å². The Balaban J connectivity index is 1.29. The van der Waals surface area contributed by atoms with Gasteiger partial charge in [-0.25, -0.2) is 4.68 Å². The van der Waals surface area contributed by atoms with E-state index in [0.717, 1.165) is 17.3 Å². The van der Waals surface area contributed by atoms with Crippen molar-refractivity contribution >= 4 is 12.0 Å². The fourth-order valence-electron chi connectivity index (χ4n) is 3.65. The molecule has 0 saturated carbocycles. The zero-order chi connectivity index (χ0) is 22.6. The molecule has 1 aliphatic heterocycles. The van der Waals surface area contributed by atoms with Crippen molar-refractivity contribution in [1.82, 2.24) is 19.6 Å². The fourth-order valence-corrected chi connectivity index (χ4v) is 3.65. The van der Waals surface area contributed by atoms with Crippen molar-refractivity contribution in [2.24, 2.45) is 0 Å². The van der Waals surface area contributed by atoms with E-state index in [4.69, 9.17) is 0 Å². The maximum absolute atomic E-state index is 12.9. The lowest BCUT2D eigenvalue weighted by Gasteiger charge is -2.34. The van der Waals surface area contributed by atoms with Gasteiger partial charge in [-0.2, -0.15) is 18.3 Å². The molecule has 2 aromatic carbocycles. The molecular weight excluding hydrogens is 417 g/mol. The summed E-state index contributed by atoms with van der Waals surface area (Å²) < 4.78 is 40.4. The lowest BCUT2D eigenvalue weighted by molar-refractivity contribution is -0.137. The van der Waals surface area contributed by atoms with E-state index in [0.29, 0.717) is 38.3 Å². The number of alkyl halides is 3. The number of piperazine rings is 1. The predicted octanol–water partition coefficient (Wildman–Crippen LogP) is 4.25. The number of para-hydroxylation sites is 1. The van der Waals surface area contributed by atoms with E-state index in [9.17, 15) is 18.0 Å². The molecule has 2 heterocycles. The van der Waals surface area contributed by atoms with Crippen LogP contribution in [-0.2, 0) is 17.5 Å². The molecule has 0 aliphatic carbocycles. The first-order valence-corrected chi connectivity index (χ1v) is 10.3. The monoisotopic (exact) mass is 440 g/mol. The van der Waals surface area contributed by atoms with Crippen LogP contribution in [0.5, 0.6) is 0 Å². The zero-order valence-corrected chi connectivity index (χ0v) is 17.4. The summed E-state index contributed by atoms with van der Waals surface area (Å²) in [7, 11) is 0. The number of benzene rings is 2.